The summed E-state index contributed by atoms with van der Waals surface area (Å²) in [6.45, 7) is 3.98. The Morgan fingerprint density at radius 1 is 1.47 bits per heavy atom. The maximum atomic E-state index is 9.47. The first-order valence-corrected chi connectivity index (χ1v) is 7.03. The van der Waals surface area contributed by atoms with Crippen molar-refractivity contribution in [3.05, 3.63) is 28.2 Å². The van der Waals surface area contributed by atoms with Crippen LogP contribution in [0.2, 0.25) is 0 Å². The Bertz CT molecular complexity index is 312. The van der Waals surface area contributed by atoms with Crippen LogP contribution in [0.15, 0.2) is 27.6 Å². The van der Waals surface area contributed by atoms with E-state index >= 15 is 0 Å². The van der Waals surface area contributed by atoms with Crippen molar-refractivity contribution >= 4 is 27.7 Å². The van der Waals surface area contributed by atoms with Crippen LogP contribution in [0.25, 0.3) is 0 Å². The fraction of sp³-hybridized carbons (Fsp3) is 0.500. The van der Waals surface area contributed by atoms with Gasteiger partial charge in [0.05, 0.1) is 6.10 Å². The van der Waals surface area contributed by atoms with Crippen LogP contribution >= 0.6 is 27.7 Å². The fourth-order valence-electron chi connectivity index (χ4n) is 1.27. The van der Waals surface area contributed by atoms with Crippen molar-refractivity contribution in [2.24, 2.45) is 0 Å². The van der Waals surface area contributed by atoms with Gasteiger partial charge in [-0.25, -0.2) is 0 Å². The van der Waals surface area contributed by atoms with Gasteiger partial charge in [0.15, 0.2) is 0 Å². The zero-order valence-electron chi connectivity index (χ0n) is 9.16. The second-order valence-corrected chi connectivity index (χ2v) is 5.58. The lowest BCUT2D eigenvalue weighted by Gasteiger charge is -2.09. The second-order valence-electron chi connectivity index (χ2n) is 3.56. The van der Waals surface area contributed by atoms with E-state index in [2.05, 4.69) is 35.0 Å². The summed E-state index contributed by atoms with van der Waals surface area (Å²) in [6, 6.07) is 6.15. The van der Waals surface area contributed by atoms with Crippen molar-refractivity contribution in [1.82, 2.24) is 0 Å². The third kappa shape index (κ3) is 4.17. The van der Waals surface area contributed by atoms with Gasteiger partial charge in [0.2, 0.25) is 0 Å². The first-order chi connectivity index (χ1) is 7.15. The lowest BCUT2D eigenvalue weighted by molar-refractivity contribution is 0.198. The highest BCUT2D eigenvalue weighted by atomic mass is 79.9. The van der Waals surface area contributed by atoms with Gasteiger partial charge in [-0.3, -0.25) is 0 Å². The number of rotatable bonds is 5. The van der Waals surface area contributed by atoms with Gasteiger partial charge in [0.1, 0.15) is 0 Å². The van der Waals surface area contributed by atoms with Crippen LogP contribution in [0.5, 0.6) is 0 Å². The number of halogens is 1. The Balaban J connectivity index is 2.65. The predicted octanol–water partition coefficient (Wildman–Crippen LogP) is 4.39. The molecular weight excluding hydrogens is 272 g/mol. The average molecular weight is 289 g/mol. The Morgan fingerprint density at radius 3 is 2.73 bits per heavy atom. The van der Waals surface area contributed by atoms with Crippen LogP contribution in [0.1, 0.15) is 38.4 Å². The van der Waals surface area contributed by atoms with Crippen LogP contribution in [0.4, 0.5) is 0 Å². The van der Waals surface area contributed by atoms with E-state index in [0.717, 1.165) is 15.8 Å². The van der Waals surface area contributed by atoms with Crippen LogP contribution in [0, 0.1) is 0 Å². The zero-order valence-corrected chi connectivity index (χ0v) is 11.6. The summed E-state index contributed by atoms with van der Waals surface area (Å²) < 4.78 is 0.999. The molecule has 0 aliphatic heterocycles. The van der Waals surface area contributed by atoms with Gasteiger partial charge in [-0.15, -0.1) is 11.8 Å². The smallest absolute Gasteiger partial charge is 0.0772 e. The van der Waals surface area contributed by atoms with Gasteiger partial charge in [-0.05, 0) is 36.8 Å². The van der Waals surface area contributed by atoms with Crippen molar-refractivity contribution in [2.45, 2.75) is 37.7 Å². The van der Waals surface area contributed by atoms with E-state index in [9.17, 15) is 5.11 Å². The van der Waals surface area contributed by atoms with Gasteiger partial charge in [0, 0.05) is 9.37 Å². The van der Waals surface area contributed by atoms with Crippen LogP contribution in [0.3, 0.4) is 0 Å². The molecule has 1 unspecified atom stereocenters. The van der Waals surface area contributed by atoms with E-state index in [1.807, 2.05) is 17.8 Å². The fourth-order valence-corrected chi connectivity index (χ4v) is 3.17. The maximum Gasteiger partial charge on any atom is 0.0772 e. The summed E-state index contributed by atoms with van der Waals surface area (Å²) in [6.07, 6.45) is 2.08. The molecule has 0 bridgehead atoms. The number of aliphatic hydroxyl groups is 1. The van der Waals surface area contributed by atoms with Crippen LogP contribution < -0.4 is 0 Å². The highest BCUT2D eigenvalue weighted by Crippen LogP contribution is 2.29. The van der Waals surface area contributed by atoms with Crippen molar-refractivity contribution in [2.75, 3.05) is 5.75 Å². The Hall–Kier alpha value is 0.01000. The monoisotopic (exact) mass is 288 g/mol. The minimum absolute atomic E-state index is 0.408. The van der Waals surface area contributed by atoms with E-state index in [4.69, 9.17) is 0 Å². The van der Waals surface area contributed by atoms with Gasteiger partial charge in [-0.2, -0.15) is 0 Å². The van der Waals surface area contributed by atoms with Gasteiger partial charge < -0.3 is 5.11 Å². The molecule has 1 N–H and O–H groups in total. The maximum absolute atomic E-state index is 9.47. The standard InChI is InChI=1S/C12H17BrOS/c1-3-4-7-15-10-5-6-11(9(2)14)12(13)8-10/h5-6,8-9,14H,3-4,7H2,1-2H3. The summed E-state index contributed by atoms with van der Waals surface area (Å²) in [5.41, 5.74) is 0.954. The molecule has 0 heterocycles. The van der Waals surface area contributed by atoms with E-state index in [-0.39, 0.29) is 0 Å². The topological polar surface area (TPSA) is 20.2 Å². The van der Waals surface area contributed by atoms with Crippen molar-refractivity contribution in [3.63, 3.8) is 0 Å². The first-order valence-electron chi connectivity index (χ1n) is 5.25. The van der Waals surface area contributed by atoms with Gasteiger partial charge in [-0.1, -0.05) is 35.3 Å². The Morgan fingerprint density at radius 2 is 2.20 bits per heavy atom. The molecule has 0 aromatic heterocycles. The molecular formula is C12H17BrOS. The van der Waals surface area contributed by atoms with E-state index in [1.165, 1.54) is 17.7 Å². The molecule has 0 saturated carbocycles. The molecule has 0 aliphatic carbocycles. The molecule has 84 valence electrons. The number of hydrogen-bond acceptors (Lipinski definition) is 2. The molecule has 0 fully saturated rings. The molecule has 1 aromatic carbocycles. The van der Waals surface area contributed by atoms with Crippen molar-refractivity contribution < 1.29 is 5.11 Å². The van der Waals surface area contributed by atoms with E-state index in [0.29, 0.717) is 0 Å². The average Bonchev–Trinajstić information content (AvgIpc) is 2.17. The zero-order chi connectivity index (χ0) is 11.3. The second kappa shape index (κ2) is 6.56. The Kier molecular flexibility index (Phi) is 5.72. The van der Waals surface area contributed by atoms with Gasteiger partial charge in [0.25, 0.3) is 0 Å². The van der Waals surface area contributed by atoms with Crippen LogP contribution in [-0.4, -0.2) is 10.9 Å². The third-order valence-corrected chi connectivity index (χ3v) is 3.96. The molecule has 0 aliphatic rings. The predicted molar refractivity (Wildman–Crippen MR) is 70.4 cm³/mol. The summed E-state index contributed by atoms with van der Waals surface area (Å²) in [4.78, 5) is 1.26. The molecule has 1 nitrogen and oxygen atoms in total. The molecule has 15 heavy (non-hydrogen) atoms. The highest BCUT2D eigenvalue weighted by molar-refractivity contribution is 9.10. The largest absolute Gasteiger partial charge is 0.389 e. The minimum Gasteiger partial charge on any atom is -0.389 e. The number of benzene rings is 1. The number of aliphatic hydroxyl groups excluding tert-OH is 1. The molecule has 1 atom stereocenters. The quantitative estimate of drug-likeness (QED) is 0.640. The minimum atomic E-state index is -0.408. The summed E-state index contributed by atoms with van der Waals surface area (Å²) in [7, 11) is 0. The lowest BCUT2D eigenvalue weighted by Crippen LogP contribution is -1.92. The molecule has 1 aromatic rings. The molecule has 0 radical (unpaired) electrons. The number of hydrogen-bond donors (Lipinski definition) is 1. The highest BCUT2D eigenvalue weighted by Gasteiger charge is 2.06. The molecule has 0 saturated heterocycles. The SMILES string of the molecule is CCCCSc1ccc(C(C)O)c(Br)c1. The summed E-state index contributed by atoms with van der Waals surface area (Å²) >= 11 is 5.35. The van der Waals surface area contributed by atoms with Crippen LogP contribution in [-0.2, 0) is 0 Å². The van der Waals surface area contributed by atoms with Crippen molar-refractivity contribution in [1.29, 1.82) is 0 Å². The molecule has 0 amide bonds. The van der Waals surface area contributed by atoms with E-state index < -0.39 is 6.10 Å². The van der Waals surface area contributed by atoms with E-state index in [1.54, 1.807) is 6.92 Å². The third-order valence-electron chi connectivity index (χ3n) is 2.19. The van der Waals surface area contributed by atoms with Gasteiger partial charge >= 0.3 is 0 Å². The Labute approximate surface area is 104 Å². The normalized spacial score (nSPS) is 12.8. The number of thioether (sulfide) groups is 1. The molecule has 0 spiro atoms. The number of unbranched alkanes of at least 4 members (excludes halogenated alkanes) is 1. The molecule has 3 heteroatoms. The van der Waals surface area contributed by atoms with Crippen molar-refractivity contribution in [3.8, 4) is 0 Å². The summed E-state index contributed by atoms with van der Waals surface area (Å²) in [5.74, 6) is 1.16. The first kappa shape index (κ1) is 13.1. The lowest BCUT2D eigenvalue weighted by atomic mass is 10.1. The summed E-state index contributed by atoms with van der Waals surface area (Å²) in [5, 5.41) is 9.47. The molecule has 1 rings (SSSR count).